The van der Waals surface area contributed by atoms with Crippen molar-refractivity contribution in [3.05, 3.63) is 24.0 Å². The van der Waals surface area contributed by atoms with E-state index in [0.29, 0.717) is 40.0 Å². The van der Waals surface area contributed by atoms with Crippen LogP contribution in [0.1, 0.15) is 19.8 Å². The zero-order chi connectivity index (χ0) is 21.5. The van der Waals surface area contributed by atoms with E-state index in [-0.39, 0.29) is 12.5 Å². The summed E-state index contributed by atoms with van der Waals surface area (Å²) in [7, 11) is 1.58. The number of hydrogen-bond donors (Lipinski definition) is 1. The number of amides is 1. The molecule has 0 fully saturated rings. The molecule has 0 spiro atoms. The lowest BCUT2D eigenvalue weighted by Crippen LogP contribution is -2.53. The second-order valence-corrected chi connectivity index (χ2v) is 7.67. The minimum Gasteiger partial charge on any atom is -0.342 e. The number of rotatable bonds is 5. The van der Waals surface area contributed by atoms with Gasteiger partial charge in [-0.1, -0.05) is 6.92 Å². The number of nitrogens with zero attached hydrogens (tertiary/aromatic N) is 6. The van der Waals surface area contributed by atoms with Gasteiger partial charge in [-0.2, -0.15) is 18.3 Å². The van der Waals surface area contributed by atoms with Gasteiger partial charge in [-0.25, -0.2) is 15.0 Å². The molecule has 4 heterocycles. The number of hydrogen-bond acceptors (Lipinski definition) is 7. The third-order valence-electron chi connectivity index (χ3n) is 4.92. The van der Waals surface area contributed by atoms with E-state index in [9.17, 15) is 18.0 Å². The number of thiazole rings is 1. The Labute approximate surface area is 173 Å². The maximum absolute atomic E-state index is 12.9. The molecular weight excluding hydrogens is 419 g/mol. The number of aromatic amines is 1. The van der Waals surface area contributed by atoms with Crippen molar-refractivity contribution in [3.8, 4) is 22.1 Å². The quantitative estimate of drug-likeness (QED) is 0.657. The molecule has 3 aromatic rings. The highest BCUT2D eigenvalue weighted by atomic mass is 32.1. The summed E-state index contributed by atoms with van der Waals surface area (Å²) in [5.41, 5.74) is 1.57. The van der Waals surface area contributed by atoms with Gasteiger partial charge in [-0.3, -0.25) is 9.89 Å². The lowest BCUT2D eigenvalue weighted by molar-refractivity contribution is -0.133. The van der Waals surface area contributed by atoms with E-state index in [4.69, 9.17) is 0 Å². The fraction of sp³-hybridized carbons (Fsp3) is 0.389. The lowest BCUT2D eigenvalue weighted by atomic mass is 10.1. The fourth-order valence-electron chi connectivity index (χ4n) is 3.44. The van der Waals surface area contributed by atoms with Gasteiger partial charge in [-0.05, 0) is 6.42 Å². The van der Waals surface area contributed by atoms with Gasteiger partial charge in [0.25, 0.3) is 0 Å². The molecule has 4 rings (SSSR count). The molecule has 1 aliphatic rings. The molecule has 0 aliphatic carbocycles. The first kappa shape index (κ1) is 20.3. The molecule has 1 amide bonds. The van der Waals surface area contributed by atoms with Gasteiger partial charge in [0.1, 0.15) is 22.4 Å². The molecule has 0 radical (unpaired) electrons. The zero-order valence-electron chi connectivity index (χ0n) is 16.1. The van der Waals surface area contributed by atoms with Crippen LogP contribution in [0.5, 0.6) is 0 Å². The second kappa shape index (κ2) is 7.67. The van der Waals surface area contributed by atoms with Crippen LogP contribution in [-0.4, -0.2) is 56.9 Å². The second-order valence-electron chi connectivity index (χ2n) is 6.78. The normalized spacial score (nSPS) is 16.8. The number of aromatic nitrogens is 5. The van der Waals surface area contributed by atoms with E-state index in [2.05, 4.69) is 25.1 Å². The Morgan fingerprint density at radius 1 is 1.27 bits per heavy atom. The molecule has 0 saturated heterocycles. The molecular formula is C18H18F3N7OS. The highest BCUT2D eigenvalue weighted by Crippen LogP contribution is 2.38. The Hall–Kier alpha value is -3.02. The summed E-state index contributed by atoms with van der Waals surface area (Å²) >= 11 is 1.41. The molecule has 1 atom stereocenters. The molecule has 1 aliphatic heterocycles. The number of nitrogens with one attached hydrogen (secondary N) is 1. The number of alkyl halides is 3. The van der Waals surface area contributed by atoms with E-state index in [0.717, 1.165) is 0 Å². The summed E-state index contributed by atoms with van der Waals surface area (Å²) in [6.45, 7) is 1.40. The highest BCUT2D eigenvalue weighted by molar-refractivity contribution is 7.13. The lowest BCUT2D eigenvalue weighted by Gasteiger charge is -2.40. The van der Waals surface area contributed by atoms with Crippen LogP contribution in [-0.2, 0) is 4.79 Å². The summed E-state index contributed by atoms with van der Waals surface area (Å²) < 4.78 is 38.8. The van der Waals surface area contributed by atoms with Gasteiger partial charge in [0.2, 0.25) is 5.91 Å². The van der Waals surface area contributed by atoms with Gasteiger partial charge in [0.05, 0.1) is 24.4 Å². The Morgan fingerprint density at radius 2 is 2.07 bits per heavy atom. The van der Waals surface area contributed by atoms with Crippen molar-refractivity contribution in [2.45, 2.75) is 32.0 Å². The molecule has 1 unspecified atom stereocenters. The first-order chi connectivity index (χ1) is 14.3. The van der Waals surface area contributed by atoms with E-state index < -0.39 is 18.6 Å². The maximum Gasteiger partial charge on any atom is 0.390 e. The predicted molar refractivity (Wildman–Crippen MR) is 106 cm³/mol. The smallest absolute Gasteiger partial charge is 0.342 e. The van der Waals surface area contributed by atoms with Crippen molar-refractivity contribution in [1.82, 2.24) is 25.1 Å². The number of fused-ring (bicyclic) bond motifs is 1. The number of carbonyl (C=O) groups excluding carboxylic acids is 1. The van der Waals surface area contributed by atoms with Gasteiger partial charge in [0.15, 0.2) is 11.6 Å². The van der Waals surface area contributed by atoms with Crippen molar-refractivity contribution < 1.29 is 18.0 Å². The third-order valence-corrected chi connectivity index (χ3v) is 5.72. The standard InChI is InChI=1S/C18H18F3N7OS/c1-3-11-17(29)27(2)12-9-23-14(25-15(12)28(11)6-4-18(19,20)21)10-8-24-26-13(10)16-22-5-7-30-16/h5,7-9,11H,3-4,6H2,1-2H3,(H,24,26). The van der Waals surface area contributed by atoms with Crippen LogP contribution in [0, 0.1) is 0 Å². The first-order valence-corrected chi connectivity index (χ1v) is 10.1. The summed E-state index contributed by atoms with van der Waals surface area (Å²) in [5.74, 6) is 0.308. The number of likely N-dealkylation sites (N-methyl/N-ethyl adjacent to an activating group) is 1. The van der Waals surface area contributed by atoms with Gasteiger partial charge in [-0.15, -0.1) is 11.3 Å². The Morgan fingerprint density at radius 3 is 2.73 bits per heavy atom. The van der Waals surface area contributed by atoms with E-state index in [1.165, 1.54) is 27.3 Å². The van der Waals surface area contributed by atoms with Crippen LogP contribution in [0.25, 0.3) is 22.1 Å². The molecule has 1 N–H and O–H groups in total. The predicted octanol–water partition coefficient (Wildman–Crippen LogP) is 3.50. The first-order valence-electron chi connectivity index (χ1n) is 9.21. The van der Waals surface area contributed by atoms with Crippen LogP contribution in [0.3, 0.4) is 0 Å². The van der Waals surface area contributed by atoms with Crippen LogP contribution < -0.4 is 9.80 Å². The largest absolute Gasteiger partial charge is 0.390 e. The van der Waals surface area contributed by atoms with Gasteiger partial charge < -0.3 is 9.80 Å². The monoisotopic (exact) mass is 437 g/mol. The number of carbonyl (C=O) groups is 1. The zero-order valence-corrected chi connectivity index (χ0v) is 17.0. The van der Waals surface area contributed by atoms with E-state index in [1.807, 2.05) is 5.38 Å². The molecule has 8 nitrogen and oxygen atoms in total. The minimum absolute atomic E-state index is 0.282. The summed E-state index contributed by atoms with van der Waals surface area (Å²) in [6, 6.07) is -0.726. The van der Waals surface area contributed by atoms with Crippen LogP contribution in [0.2, 0.25) is 0 Å². The van der Waals surface area contributed by atoms with Crippen molar-refractivity contribution in [2.75, 3.05) is 23.4 Å². The summed E-state index contributed by atoms with van der Waals surface area (Å²) in [4.78, 5) is 28.7. The third kappa shape index (κ3) is 3.62. The Kier molecular flexibility index (Phi) is 5.18. The topological polar surface area (TPSA) is 90.9 Å². The van der Waals surface area contributed by atoms with E-state index >= 15 is 0 Å². The van der Waals surface area contributed by atoms with Gasteiger partial charge >= 0.3 is 6.18 Å². The number of halogens is 3. The summed E-state index contributed by atoms with van der Waals surface area (Å²) in [6.07, 6.45) is -0.369. The fourth-order valence-corrected chi connectivity index (χ4v) is 4.08. The summed E-state index contributed by atoms with van der Waals surface area (Å²) in [5, 5.41) is 9.43. The average Bonchev–Trinajstić information content (AvgIpc) is 3.39. The molecule has 0 bridgehead atoms. The van der Waals surface area contributed by atoms with Crippen LogP contribution in [0.4, 0.5) is 24.7 Å². The minimum atomic E-state index is -4.34. The van der Waals surface area contributed by atoms with Crippen LogP contribution in [0.15, 0.2) is 24.0 Å². The Bertz CT molecular complexity index is 1050. The number of anilines is 2. The Balaban J connectivity index is 1.79. The molecule has 0 aromatic carbocycles. The van der Waals surface area contributed by atoms with Crippen molar-refractivity contribution in [3.63, 3.8) is 0 Å². The average molecular weight is 437 g/mol. The molecule has 3 aromatic heterocycles. The van der Waals surface area contributed by atoms with Crippen LogP contribution >= 0.6 is 11.3 Å². The number of H-pyrrole nitrogens is 1. The maximum atomic E-state index is 12.9. The van der Waals surface area contributed by atoms with Crippen molar-refractivity contribution in [1.29, 1.82) is 0 Å². The van der Waals surface area contributed by atoms with Gasteiger partial charge in [0, 0.05) is 25.2 Å². The van der Waals surface area contributed by atoms with Crippen molar-refractivity contribution in [2.24, 2.45) is 0 Å². The molecule has 12 heteroatoms. The SMILES string of the molecule is CCC1C(=O)N(C)c2cnc(-c3cn[nH]c3-c3nccs3)nc2N1CCC(F)(F)F. The molecule has 30 heavy (non-hydrogen) atoms. The molecule has 0 saturated carbocycles. The van der Waals surface area contributed by atoms with E-state index in [1.54, 1.807) is 26.4 Å². The van der Waals surface area contributed by atoms with Crippen molar-refractivity contribution >= 4 is 28.7 Å². The molecule has 158 valence electrons. The highest BCUT2D eigenvalue weighted by Gasteiger charge is 2.39.